The summed E-state index contributed by atoms with van der Waals surface area (Å²) >= 11 is 0. The van der Waals surface area contributed by atoms with E-state index < -0.39 is 0 Å². The second-order valence-corrected chi connectivity index (χ2v) is 7.13. The Morgan fingerprint density at radius 3 is 2.54 bits per heavy atom. The maximum absolute atomic E-state index is 12.7. The van der Waals surface area contributed by atoms with E-state index in [1.165, 1.54) is 11.1 Å². The van der Waals surface area contributed by atoms with Gasteiger partial charge in [-0.25, -0.2) is 0 Å². The number of nitrogens with zero attached hydrogens (tertiary/aromatic N) is 2. The van der Waals surface area contributed by atoms with Crippen LogP contribution in [0.1, 0.15) is 47.3 Å². The summed E-state index contributed by atoms with van der Waals surface area (Å²) < 4.78 is 0. The molecule has 4 nitrogen and oxygen atoms in total. The third-order valence-electron chi connectivity index (χ3n) is 5.51. The average molecular weight is 321 g/mol. The Kier molecular flexibility index (Phi) is 3.85. The molecule has 1 amide bonds. The lowest BCUT2D eigenvalue weighted by atomic mass is 9.94. The molecule has 2 heterocycles. The second-order valence-electron chi connectivity index (χ2n) is 7.13. The molecule has 0 saturated carbocycles. The summed E-state index contributed by atoms with van der Waals surface area (Å²) in [6.45, 7) is 6.62. The molecule has 1 saturated heterocycles. The Morgan fingerprint density at radius 2 is 1.83 bits per heavy atom. The Balaban J connectivity index is 1.63. The van der Waals surface area contributed by atoms with Crippen LogP contribution >= 0.6 is 0 Å². The summed E-state index contributed by atoms with van der Waals surface area (Å²) in [5.41, 5.74) is 3.37. The summed E-state index contributed by atoms with van der Waals surface area (Å²) in [5, 5.41) is 3.29. The van der Waals surface area contributed by atoms with E-state index in [1.807, 2.05) is 0 Å². The lowest BCUT2D eigenvalue weighted by molar-refractivity contribution is 0.0923. The second kappa shape index (κ2) is 6.02. The standard InChI is InChI=1S/C20H23N3O/c1-13(2)23-11-17-15-5-3-4-6-16(15)19(18(17)12-23)22-20(24)14-7-9-21-10-8-14/h3-10,13,17-19H,11-12H2,1-2H3,(H,22,24)/t17-,18-,19+/m0/s1. The van der Waals surface area contributed by atoms with Gasteiger partial charge in [-0.15, -0.1) is 0 Å². The summed E-state index contributed by atoms with van der Waals surface area (Å²) in [5.74, 6) is 0.961. The highest BCUT2D eigenvalue weighted by Gasteiger charge is 2.46. The molecule has 124 valence electrons. The van der Waals surface area contributed by atoms with E-state index >= 15 is 0 Å². The molecular formula is C20H23N3O. The first kappa shape index (κ1) is 15.3. The third kappa shape index (κ3) is 2.51. The molecule has 4 rings (SSSR count). The fraction of sp³-hybridized carbons (Fsp3) is 0.400. The number of carbonyl (C=O) groups is 1. The monoisotopic (exact) mass is 321 g/mol. The van der Waals surface area contributed by atoms with Crippen LogP contribution in [0.25, 0.3) is 0 Å². The first-order valence-corrected chi connectivity index (χ1v) is 8.69. The van der Waals surface area contributed by atoms with Crippen LogP contribution < -0.4 is 5.32 Å². The summed E-state index contributed by atoms with van der Waals surface area (Å²) in [4.78, 5) is 19.2. The number of pyridine rings is 1. The predicted octanol–water partition coefficient (Wildman–Crippen LogP) is 2.99. The van der Waals surface area contributed by atoms with Gasteiger partial charge in [-0.2, -0.15) is 0 Å². The van der Waals surface area contributed by atoms with Crippen molar-refractivity contribution in [1.82, 2.24) is 15.2 Å². The summed E-state index contributed by atoms with van der Waals surface area (Å²) in [6.07, 6.45) is 3.33. The van der Waals surface area contributed by atoms with Gasteiger partial charge < -0.3 is 5.32 Å². The van der Waals surface area contributed by atoms with E-state index in [0.29, 0.717) is 23.4 Å². The van der Waals surface area contributed by atoms with E-state index in [4.69, 9.17) is 0 Å². The smallest absolute Gasteiger partial charge is 0.251 e. The van der Waals surface area contributed by atoms with Crippen LogP contribution in [0.4, 0.5) is 0 Å². The van der Waals surface area contributed by atoms with Crippen molar-refractivity contribution in [2.24, 2.45) is 5.92 Å². The van der Waals surface area contributed by atoms with Gasteiger partial charge in [0.25, 0.3) is 5.91 Å². The number of rotatable bonds is 3. The van der Waals surface area contributed by atoms with Crippen molar-refractivity contribution in [2.45, 2.75) is 31.8 Å². The summed E-state index contributed by atoms with van der Waals surface area (Å²) in [6, 6.07) is 12.8. The Bertz CT molecular complexity index is 744. The van der Waals surface area contributed by atoms with Crippen molar-refractivity contribution < 1.29 is 4.79 Å². The minimum Gasteiger partial charge on any atom is -0.345 e. The number of hydrogen-bond acceptors (Lipinski definition) is 3. The molecule has 4 heteroatoms. The van der Waals surface area contributed by atoms with Crippen molar-refractivity contribution in [2.75, 3.05) is 13.1 Å². The number of amides is 1. The molecule has 0 bridgehead atoms. The van der Waals surface area contributed by atoms with Gasteiger partial charge >= 0.3 is 0 Å². The third-order valence-corrected chi connectivity index (χ3v) is 5.51. The lowest BCUT2D eigenvalue weighted by Crippen LogP contribution is -2.35. The quantitative estimate of drug-likeness (QED) is 0.945. The number of nitrogens with one attached hydrogen (secondary N) is 1. The van der Waals surface area contributed by atoms with Crippen molar-refractivity contribution in [3.8, 4) is 0 Å². The zero-order chi connectivity index (χ0) is 16.7. The Hall–Kier alpha value is -2.20. The van der Waals surface area contributed by atoms with Crippen LogP contribution in [-0.4, -0.2) is 34.9 Å². The molecule has 2 aliphatic rings. The molecule has 24 heavy (non-hydrogen) atoms. The number of fused-ring (bicyclic) bond motifs is 3. The normalized spacial score (nSPS) is 25.5. The van der Waals surface area contributed by atoms with Crippen LogP contribution in [0.3, 0.4) is 0 Å². The van der Waals surface area contributed by atoms with Gasteiger partial charge in [0.05, 0.1) is 6.04 Å². The number of aromatic nitrogens is 1. The molecule has 1 N–H and O–H groups in total. The molecule has 1 fully saturated rings. The van der Waals surface area contributed by atoms with Gasteiger partial charge in [0.15, 0.2) is 0 Å². The molecule has 0 radical (unpaired) electrons. The van der Waals surface area contributed by atoms with E-state index in [1.54, 1.807) is 24.5 Å². The van der Waals surface area contributed by atoms with Gasteiger partial charge in [0, 0.05) is 48.9 Å². The van der Waals surface area contributed by atoms with Gasteiger partial charge in [-0.1, -0.05) is 24.3 Å². The first-order valence-electron chi connectivity index (χ1n) is 8.69. The van der Waals surface area contributed by atoms with Crippen LogP contribution in [0.2, 0.25) is 0 Å². The molecule has 0 spiro atoms. The SMILES string of the molecule is CC(C)N1C[C@@H]2[C@H](NC(=O)c3ccncc3)c3ccccc3[C@@H]2C1. The van der Waals surface area contributed by atoms with Crippen LogP contribution in [0, 0.1) is 5.92 Å². The minimum absolute atomic E-state index is 0.0131. The highest BCUT2D eigenvalue weighted by atomic mass is 16.1. The molecule has 2 aromatic rings. The Morgan fingerprint density at radius 1 is 1.12 bits per heavy atom. The van der Waals surface area contributed by atoms with Gasteiger partial charge in [0.2, 0.25) is 0 Å². The van der Waals surface area contributed by atoms with E-state index in [0.717, 1.165) is 13.1 Å². The molecule has 1 aliphatic heterocycles. The van der Waals surface area contributed by atoms with E-state index in [2.05, 4.69) is 53.3 Å². The van der Waals surface area contributed by atoms with Crippen molar-refractivity contribution in [3.63, 3.8) is 0 Å². The average Bonchev–Trinajstić information content (AvgIpc) is 3.15. The zero-order valence-corrected chi connectivity index (χ0v) is 14.1. The highest BCUT2D eigenvalue weighted by Crippen LogP contribution is 2.49. The van der Waals surface area contributed by atoms with Gasteiger partial charge in [-0.3, -0.25) is 14.7 Å². The predicted molar refractivity (Wildman–Crippen MR) is 93.8 cm³/mol. The molecule has 1 aliphatic carbocycles. The first-order chi connectivity index (χ1) is 11.6. The highest BCUT2D eigenvalue weighted by molar-refractivity contribution is 5.94. The molecule has 1 aromatic carbocycles. The minimum atomic E-state index is -0.0131. The topological polar surface area (TPSA) is 45.2 Å². The number of carbonyl (C=O) groups excluding carboxylic acids is 1. The van der Waals surface area contributed by atoms with Crippen molar-refractivity contribution in [3.05, 3.63) is 65.5 Å². The molecule has 0 unspecified atom stereocenters. The number of likely N-dealkylation sites (tertiary alicyclic amines) is 1. The Labute approximate surface area is 142 Å². The fourth-order valence-electron chi connectivity index (χ4n) is 4.22. The van der Waals surface area contributed by atoms with Gasteiger partial charge in [0.1, 0.15) is 0 Å². The van der Waals surface area contributed by atoms with Crippen molar-refractivity contribution >= 4 is 5.91 Å². The molecule has 3 atom stereocenters. The molecule has 1 aromatic heterocycles. The number of benzene rings is 1. The van der Waals surface area contributed by atoms with Crippen LogP contribution in [0.5, 0.6) is 0 Å². The fourth-order valence-corrected chi connectivity index (χ4v) is 4.22. The largest absolute Gasteiger partial charge is 0.345 e. The van der Waals surface area contributed by atoms with Crippen LogP contribution in [-0.2, 0) is 0 Å². The van der Waals surface area contributed by atoms with E-state index in [-0.39, 0.29) is 11.9 Å². The zero-order valence-electron chi connectivity index (χ0n) is 14.1. The maximum Gasteiger partial charge on any atom is 0.251 e. The lowest BCUT2D eigenvalue weighted by Gasteiger charge is -2.25. The van der Waals surface area contributed by atoms with Crippen molar-refractivity contribution in [1.29, 1.82) is 0 Å². The molecular weight excluding hydrogens is 298 g/mol. The maximum atomic E-state index is 12.7. The van der Waals surface area contributed by atoms with Gasteiger partial charge in [-0.05, 0) is 37.1 Å². The van der Waals surface area contributed by atoms with E-state index in [9.17, 15) is 4.79 Å². The number of hydrogen-bond donors (Lipinski definition) is 1. The summed E-state index contributed by atoms with van der Waals surface area (Å²) in [7, 11) is 0. The van der Waals surface area contributed by atoms with Crippen LogP contribution in [0.15, 0.2) is 48.8 Å².